The number of aromatic nitrogens is 4. The van der Waals surface area contributed by atoms with Crippen molar-refractivity contribution in [3.05, 3.63) is 217 Å². The minimum atomic E-state index is -0.682. The Balaban J connectivity index is 1.15. The van der Waals surface area contributed by atoms with Crippen molar-refractivity contribution in [2.24, 2.45) is 0 Å². The number of nitrogens with zero attached hydrogens (tertiary/aromatic N) is 4. The maximum Gasteiger partial charge on any atom is 0.164 e. The van der Waals surface area contributed by atoms with Crippen LogP contribution in [0.2, 0.25) is 0 Å². The number of ether oxygens (including phenoxy) is 1. The lowest BCUT2D eigenvalue weighted by molar-refractivity contribution is 0.436. The van der Waals surface area contributed by atoms with Crippen molar-refractivity contribution in [2.75, 3.05) is 0 Å². The summed E-state index contributed by atoms with van der Waals surface area (Å²) in [6.45, 7) is 0. The molecule has 5 nitrogen and oxygen atoms in total. The lowest BCUT2D eigenvalue weighted by Crippen LogP contribution is -2.32. The summed E-state index contributed by atoms with van der Waals surface area (Å²) in [5.41, 5.74) is 13.1. The number of hydrogen-bond donors (Lipinski definition) is 0. The van der Waals surface area contributed by atoms with Crippen molar-refractivity contribution in [3.63, 3.8) is 0 Å². The lowest BCUT2D eigenvalue weighted by atomic mass is 9.65. The van der Waals surface area contributed by atoms with Crippen molar-refractivity contribution in [2.45, 2.75) is 5.41 Å². The van der Waals surface area contributed by atoms with Gasteiger partial charge in [0.15, 0.2) is 17.5 Å². The molecule has 0 radical (unpaired) electrons. The van der Waals surface area contributed by atoms with E-state index in [4.69, 9.17) is 24.7 Å². The molecule has 2 aromatic heterocycles. The van der Waals surface area contributed by atoms with E-state index < -0.39 is 5.41 Å². The van der Waals surface area contributed by atoms with E-state index in [1.165, 1.54) is 22.3 Å². The summed E-state index contributed by atoms with van der Waals surface area (Å²) in [6.07, 6.45) is 1.84. The molecule has 0 bridgehead atoms. The highest BCUT2D eigenvalue weighted by Gasteiger charge is 2.51. The van der Waals surface area contributed by atoms with Gasteiger partial charge < -0.3 is 4.74 Å². The van der Waals surface area contributed by atoms with E-state index in [0.717, 1.165) is 61.7 Å². The van der Waals surface area contributed by atoms with Crippen LogP contribution in [0.25, 0.3) is 67.7 Å². The van der Waals surface area contributed by atoms with Crippen LogP contribution in [-0.4, -0.2) is 19.9 Å². The molecule has 0 fully saturated rings. The first-order valence-corrected chi connectivity index (χ1v) is 18.8. The molecule has 0 N–H and O–H groups in total. The predicted molar refractivity (Wildman–Crippen MR) is 222 cm³/mol. The Kier molecular flexibility index (Phi) is 7.32. The molecule has 5 heteroatoms. The third-order valence-electron chi connectivity index (χ3n) is 11.1. The zero-order chi connectivity index (χ0) is 37.1. The molecule has 1 aliphatic heterocycles. The van der Waals surface area contributed by atoms with Gasteiger partial charge in [0.05, 0.1) is 11.1 Å². The summed E-state index contributed by atoms with van der Waals surface area (Å²) in [5.74, 6) is 3.43. The van der Waals surface area contributed by atoms with Gasteiger partial charge in [0.2, 0.25) is 0 Å². The topological polar surface area (TPSA) is 60.8 Å². The summed E-state index contributed by atoms with van der Waals surface area (Å²) in [7, 11) is 0. The van der Waals surface area contributed by atoms with Gasteiger partial charge in [-0.2, -0.15) is 0 Å². The second kappa shape index (κ2) is 12.8. The molecule has 2 aliphatic rings. The van der Waals surface area contributed by atoms with E-state index in [2.05, 4.69) is 140 Å². The Morgan fingerprint density at radius 1 is 0.339 bits per heavy atom. The Labute approximate surface area is 324 Å². The molecule has 56 heavy (non-hydrogen) atoms. The van der Waals surface area contributed by atoms with E-state index in [1.807, 2.05) is 54.7 Å². The van der Waals surface area contributed by atoms with Crippen LogP contribution < -0.4 is 4.74 Å². The quantitative estimate of drug-likeness (QED) is 0.177. The van der Waals surface area contributed by atoms with E-state index >= 15 is 0 Å². The van der Waals surface area contributed by atoms with Crippen molar-refractivity contribution in [3.8, 4) is 79.2 Å². The van der Waals surface area contributed by atoms with Crippen LogP contribution in [0.5, 0.6) is 11.5 Å². The number of rotatable bonds is 5. The Morgan fingerprint density at radius 2 is 0.839 bits per heavy atom. The monoisotopic (exact) mass is 716 g/mol. The molecule has 0 unspecified atom stereocenters. The number of pyridine rings is 1. The minimum absolute atomic E-state index is 0.588. The highest BCUT2D eigenvalue weighted by atomic mass is 16.5. The maximum atomic E-state index is 6.84. The molecular formula is C51H32N4O. The maximum absolute atomic E-state index is 6.84. The first-order chi connectivity index (χ1) is 27.7. The van der Waals surface area contributed by atoms with Crippen LogP contribution in [0, 0.1) is 0 Å². The fourth-order valence-electron chi connectivity index (χ4n) is 8.55. The second-order valence-electron chi connectivity index (χ2n) is 14.2. The van der Waals surface area contributed by atoms with Crippen LogP contribution in [0.1, 0.15) is 22.3 Å². The zero-order valence-electron chi connectivity index (χ0n) is 30.2. The van der Waals surface area contributed by atoms with Gasteiger partial charge >= 0.3 is 0 Å². The molecule has 0 saturated heterocycles. The molecule has 0 atom stereocenters. The molecular weight excluding hydrogens is 685 g/mol. The Hall–Kier alpha value is -7.50. The first kappa shape index (κ1) is 32.0. The molecule has 0 amide bonds. The largest absolute Gasteiger partial charge is 0.457 e. The summed E-state index contributed by atoms with van der Waals surface area (Å²) in [5, 5.41) is 0. The fraction of sp³-hybridized carbons (Fsp3) is 0.0196. The highest BCUT2D eigenvalue weighted by Crippen LogP contribution is 2.62. The van der Waals surface area contributed by atoms with Gasteiger partial charge in [-0.3, -0.25) is 4.98 Å². The van der Waals surface area contributed by atoms with E-state index in [-0.39, 0.29) is 0 Å². The predicted octanol–water partition coefficient (Wildman–Crippen LogP) is 12.1. The summed E-state index contributed by atoms with van der Waals surface area (Å²) < 4.78 is 6.84. The highest BCUT2D eigenvalue weighted by molar-refractivity contribution is 5.89. The third-order valence-corrected chi connectivity index (χ3v) is 11.1. The fourth-order valence-corrected chi connectivity index (χ4v) is 8.55. The van der Waals surface area contributed by atoms with Gasteiger partial charge in [-0.1, -0.05) is 133 Å². The van der Waals surface area contributed by atoms with E-state index in [0.29, 0.717) is 17.5 Å². The Morgan fingerprint density at radius 3 is 1.48 bits per heavy atom. The van der Waals surface area contributed by atoms with Crippen LogP contribution in [0.3, 0.4) is 0 Å². The van der Waals surface area contributed by atoms with Crippen molar-refractivity contribution in [1.82, 2.24) is 19.9 Å². The van der Waals surface area contributed by atoms with Crippen molar-refractivity contribution < 1.29 is 4.74 Å². The molecule has 3 heterocycles. The van der Waals surface area contributed by atoms with Gasteiger partial charge in [-0.05, 0) is 88.0 Å². The molecule has 11 rings (SSSR count). The molecule has 9 aromatic rings. The van der Waals surface area contributed by atoms with Gasteiger partial charge in [-0.15, -0.1) is 0 Å². The number of benzene rings is 7. The summed E-state index contributed by atoms with van der Waals surface area (Å²) >= 11 is 0. The SMILES string of the molecule is c1ccc(-c2cccc(-c3nc(-c4ccccc4)nc(-c4ccc5c(c4)C4(c6cc(-c7ccccn7)ccc6O5)c5ccccc5-c5ccccc54)n3)c2)cc1. The van der Waals surface area contributed by atoms with Crippen LogP contribution in [-0.2, 0) is 5.41 Å². The van der Waals surface area contributed by atoms with E-state index in [9.17, 15) is 0 Å². The number of fused-ring (bicyclic) bond motifs is 9. The summed E-state index contributed by atoms with van der Waals surface area (Å²) in [6, 6.07) is 65.3. The number of hydrogen-bond acceptors (Lipinski definition) is 5. The zero-order valence-corrected chi connectivity index (χ0v) is 30.2. The van der Waals surface area contributed by atoms with Gasteiger partial charge in [-0.25, -0.2) is 15.0 Å². The molecule has 262 valence electrons. The third kappa shape index (κ3) is 5.02. The van der Waals surface area contributed by atoms with Crippen LogP contribution in [0.15, 0.2) is 194 Å². The van der Waals surface area contributed by atoms with Gasteiger partial charge in [0.1, 0.15) is 11.5 Å². The second-order valence-corrected chi connectivity index (χ2v) is 14.2. The van der Waals surface area contributed by atoms with Crippen LogP contribution >= 0.6 is 0 Å². The average Bonchev–Trinajstić information content (AvgIpc) is 3.57. The van der Waals surface area contributed by atoms with Crippen molar-refractivity contribution in [1.29, 1.82) is 0 Å². The van der Waals surface area contributed by atoms with Gasteiger partial charge in [0, 0.05) is 39.6 Å². The molecule has 1 spiro atoms. The molecule has 1 aliphatic carbocycles. The Bertz CT molecular complexity index is 2900. The summed E-state index contributed by atoms with van der Waals surface area (Å²) in [4.78, 5) is 20.2. The smallest absolute Gasteiger partial charge is 0.164 e. The minimum Gasteiger partial charge on any atom is -0.457 e. The van der Waals surface area contributed by atoms with E-state index in [1.54, 1.807) is 0 Å². The standard InChI is InChI=1S/C51H32N4O/c1-3-14-33(15-4-1)35-18-13-19-37(30-35)49-53-48(34-16-5-2-6-17-34)54-50(55-49)38-26-28-47-44(32-38)51(41-22-9-7-20-39(41)40-21-8-10-23-42(40)51)43-31-36(25-27-46(43)56-47)45-24-11-12-29-52-45/h1-32H. The molecule has 0 saturated carbocycles. The first-order valence-electron chi connectivity index (χ1n) is 18.8. The average molecular weight is 717 g/mol. The lowest BCUT2D eigenvalue weighted by Gasteiger charge is -2.39. The van der Waals surface area contributed by atoms with Gasteiger partial charge in [0.25, 0.3) is 0 Å². The molecule has 7 aromatic carbocycles. The van der Waals surface area contributed by atoms with Crippen LogP contribution in [0.4, 0.5) is 0 Å². The van der Waals surface area contributed by atoms with Crippen molar-refractivity contribution >= 4 is 0 Å². The normalized spacial score (nSPS) is 12.9.